The molecule has 0 atom stereocenters. The molecule has 0 bridgehead atoms. The van der Waals surface area contributed by atoms with Crippen LogP contribution in [0, 0.1) is 13.8 Å². The van der Waals surface area contributed by atoms with E-state index in [1.165, 1.54) is 11.8 Å². The van der Waals surface area contributed by atoms with Crippen LogP contribution in [0.2, 0.25) is 0 Å². The molecule has 2 rings (SSSR count). The van der Waals surface area contributed by atoms with Gasteiger partial charge in [-0.25, -0.2) is 0 Å². The summed E-state index contributed by atoms with van der Waals surface area (Å²) < 4.78 is 1.75. The van der Waals surface area contributed by atoms with E-state index in [1.807, 2.05) is 20.9 Å². The second kappa shape index (κ2) is 6.00. The summed E-state index contributed by atoms with van der Waals surface area (Å²) in [6.07, 6.45) is 0. The Balaban J connectivity index is 1.94. The number of aromatic hydroxyl groups is 1. The predicted octanol–water partition coefficient (Wildman–Crippen LogP) is 2.47. The van der Waals surface area contributed by atoms with Crippen LogP contribution in [0.15, 0.2) is 29.2 Å². The maximum Gasteiger partial charge on any atom is 0.234 e. The third-order valence-electron chi connectivity index (χ3n) is 2.98. The topological polar surface area (TPSA) is 67.2 Å². The highest BCUT2D eigenvalue weighted by molar-refractivity contribution is 8.00. The summed E-state index contributed by atoms with van der Waals surface area (Å²) in [4.78, 5) is 12.9. The molecule has 0 saturated heterocycles. The number of nitrogens with zero attached hydrogens (tertiary/aromatic N) is 2. The molecule has 5 nitrogen and oxygen atoms in total. The SMILES string of the molecule is Cc1nn(C)c(C)c1NC(=O)CSc1ccc(O)cc1. The second-order valence-electron chi connectivity index (χ2n) is 4.50. The first kappa shape index (κ1) is 14.5. The van der Waals surface area contributed by atoms with Gasteiger partial charge in [0.05, 0.1) is 22.8 Å². The fourth-order valence-electron chi connectivity index (χ4n) is 1.82. The van der Waals surface area contributed by atoms with Gasteiger partial charge in [0.1, 0.15) is 5.75 Å². The summed E-state index contributed by atoms with van der Waals surface area (Å²) in [6.45, 7) is 3.79. The van der Waals surface area contributed by atoms with E-state index in [9.17, 15) is 9.90 Å². The van der Waals surface area contributed by atoms with E-state index in [4.69, 9.17) is 0 Å². The van der Waals surface area contributed by atoms with Crippen molar-refractivity contribution < 1.29 is 9.90 Å². The molecule has 0 radical (unpaired) electrons. The minimum absolute atomic E-state index is 0.0673. The molecule has 0 aliphatic heterocycles. The Kier molecular flexibility index (Phi) is 4.34. The van der Waals surface area contributed by atoms with Gasteiger partial charge in [0.25, 0.3) is 0 Å². The number of carbonyl (C=O) groups excluding carboxylic acids is 1. The van der Waals surface area contributed by atoms with Crippen LogP contribution in [-0.2, 0) is 11.8 Å². The molecule has 1 aromatic heterocycles. The second-order valence-corrected chi connectivity index (χ2v) is 5.55. The Bertz CT molecular complexity index is 620. The molecule has 0 unspecified atom stereocenters. The Morgan fingerprint density at radius 3 is 2.55 bits per heavy atom. The number of amides is 1. The normalized spacial score (nSPS) is 10.6. The maximum atomic E-state index is 11.9. The van der Waals surface area contributed by atoms with Gasteiger partial charge in [0, 0.05) is 11.9 Å². The summed E-state index contributed by atoms with van der Waals surface area (Å²) in [5.41, 5.74) is 2.53. The van der Waals surface area contributed by atoms with Gasteiger partial charge in [-0.2, -0.15) is 5.10 Å². The number of phenolic OH excluding ortho intramolecular Hbond substituents is 1. The number of thioether (sulfide) groups is 1. The van der Waals surface area contributed by atoms with Crippen molar-refractivity contribution in [3.63, 3.8) is 0 Å². The van der Waals surface area contributed by atoms with Crippen molar-refractivity contribution in [1.29, 1.82) is 0 Å². The zero-order valence-electron chi connectivity index (χ0n) is 11.7. The molecule has 20 heavy (non-hydrogen) atoms. The van der Waals surface area contributed by atoms with E-state index in [0.29, 0.717) is 5.75 Å². The van der Waals surface area contributed by atoms with Crippen molar-refractivity contribution in [3.05, 3.63) is 35.7 Å². The molecule has 0 fully saturated rings. The van der Waals surface area contributed by atoms with E-state index in [2.05, 4.69) is 10.4 Å². The first-order valence-corrected chi connectivity index (χ1v) is 7.18. The van der Waals surface area contributed by atoms with E-state index in [-0.39, 0.29) is 11.7 Å². The van der Waals surface area contributed by atoms with Crippen LogP contribution >= 0.6 is 11.8 Å². The molecule has 106 valence electrons. The van der Waals surface area contributed by atoms with Crippen molar-refractivity contribution in [3.8, 4) is 5.75 Å². The summed E-state index contributed by atoms with van der Waals surface area (Å²) in [5, 5.41) is 16.3. The molecule has 0 aliphatic rings. The number of benzene rings is 1. The monoisotopic (exact) mass is 291 g/mol. The molecule has 6 heteroatoms. The third-order valence-corrected chi connectivity index (χ3v) is 3.99. The molecule has 1 amide bonds. The van der Waals surface area contributed by atoms with Crippen LogP contribution in [0.5, 0.6) is 5.75 Å². The van der Waals surface area contributed by atoms with Crippen LogP contribution in [0.1, 0.15) is 11.4 Å². The quantitative estimate of drug-likeness (QED) is 0.849. The van der Waals surface area contributed by atoms with Crippen molar-refractivity contribution in [2.45, 2.75) is 18.7 Å². The number of rotatable bonds is 4. The van der Waals surface area contributed by atoms with Crippen LogP contribution < -0.4 is 5.32 Å². The predicted molar refractivity (Wildman–Crippen MR) is 80.1 cm³/mol. The molecule has 2 N–H and O–H groups in total. The van der Waals surface area contributed by atoms with Gasteiger partial charge in [-0.1, -0.05) is 0 Å². The number of hydrogen-bond donors (Lipinski definition) is 2. The minimum atomic E-state index is -0.0673. The third kappa shape index (κ3) is 3.33. The zero-order valence-corrected chi connectivity index (χ0v) is 12.5. The highest BCUT2D eigenvalue weighted by atomic mass is 32.2. The fourth-order valence-corrected chi connectivity index (χ4v) is 2.52. The summed E-state index contributed by atoms with van der Waals surface area (Å²) in [7, 11) is 1.85. The number of aryl methyl sites for hydroxylation is 2. The van der Waals surface area contributed by atoms with Crippen LogP contribution in [0.3, 0.4) is 0 Å². The first-order chi connectivity index (χ1) is 9.47. The van der Waals surface area contributed by atoms with Crippen molar-refractivity contribution in [2.75, 3.05) is 11.1 Å². The average Bonchev–Trinajstić information content (AvgIpc) is 2.65. The summed E-state index contributed by atoms with van der Waals surface area (Å²) in [5.74, 6) is 0.473. The van der Waals surface area contributed by atoms with Gasteiger partial charge in [0.15, 0.2) is 0 Å². The van der Waals surface area contributed by atoms with Crippen molar-refractivity contribution in [1.82, 2.24) is 9.78 Å². The number of aromatic nitrogens is 2. The van der Waals surface area contributed by atoms with E-state index in [1.54, 1.807) is 28.9 Å². The largest absolute Gasteiger partial charge is 0.508 e. The van der Waals surface area contributed by atoms with E-state index < -0.39 is 0 Å². The van der Waals surface area contributed by atoms with Crippen LogP contribution in [0.25, 0.3) is 0 Å². The number of nitrogens with one attached hydrogen (secondary N) is 1. The van der Waals surface area contributed by atoms with Gasteiger partial charge < -0.3 is 10.4 Å². The van der Waals surface area contributed by atoms with Crippen molar-refractivity contribution >= 4 is 23.4 Å². The average molecular weight is 291 g/mol. The summed E-state index contributed by atoms with van der Waals surface area (Å²) in [6, 6.07) is 6.78. The lowest BCUT2D eigenvalue weighted by molar-refractivity contribution is -0.113. The van der Waals surface area contributed by atoms with Crippen molar-refractivity contribution in [2.24, 2.45) is 7.05 Å². The Hall–Kier alpha value is -1.95. The molecule has 2 aromatic rings. The van der Waals surface area contributed by atoms with Gasteiger partial charge >= 0.3 is 0 Å². The molecule has 0 saturated carbocycles. The van der Waals surface area contributed by atoms with Gasteiger partial charge in [-0.3, -0.25) is 9.48 Å². The fraction of sp³-hybridized carbons (Fsp3) is 0.286. The molecule has 0 spiro atoms. The lowest BCUT2D eigenvalue weighted by Crippen LogP contribution is -2.15. The maximum absolute atomic E-state index is 11.9. The lowest BCUT2D eigenvalue weighted by Gasteiger charge is -2.06. The number of anilines is 1. The van der Waals surface area contributed by atoms with E-state index in [0.717, 1.165) is 22.0 Å². The molecular formula is C14H17N3O2S. The lowest BCUT2D eigenvalue weighted by atomic mass is 10.3. The number of carbonyl (C=O) groups is 1. The van der Waals surface area contributed by atoms with Gasteiger partial charge in [-0.05, 0) is 38.1 Å². The Labute approximate surface area is 122 Å². The van der Waals surface area contributed by atoms with Crippen LogP contribution in [-0.4, -0.2) is 26.5 Å². The Morgan fingerprint density at radius 1 is 1.35 bits per heavy atom. The van der Waals surface area contributed by atoms with E-state index >= 15 is 0 Å². The highest BCUT2D eigenvalue weighted by Gasteiger charge is 2.12. The van der Waals surface area contributed by atoms with Crippen LogP contribution in [0.4, 0.5) is 5.69 Å². The summed E-state index contributed by atoms with van der Waals surface area (Å²) >= 11 is 1.42. The zero-order chi connectivity index (χ0) is 14.7. The molecular weight excluding hydrogens is 274 g/mol. The number of phenols is 1. The number of hydrogen-bond acceptors (Lipinski definition) is 4. The molecule has 1 aromatic carbocycles. The van der Waals surface area contributed by atoms with Gasteiger partial charge in [0.2, 0.25) is 5.91 Å². The molecule has 1 heterocycles. The molecule has 0 aliphatic carbocycles. The Morgan fingerprint density at radius 2 is 2.00 bits per heavy atom. The first-order valence-electron chi connectivity index (χ1n) is 6.19. The highest BCUT2D eigenvalue weighted by Crippen LogP contribution is 2.22. The smallest absolute Gasteiger partial charge is 0.234 e. The standard InChI is InChI=1S/C14H17N3O2S/c1-9-14(10(2)17(3)16-9)15-13(19)8-20-12-6-4-11(18)5-7-12/h4-7,18H,8H2,1-3H3,(H,15,19). The van der Waals surface area contributed by atoms with Gasteiger partial charge in [-0.15, -0.1) is 11.8 Å². The minimum Gasteiger partial charge on any atom is -0.508 e.